The Morgan fingerprint density at radius 3 is 2.38 bits per heavy atom. The van der Waals surface area contributed by atoms with E-state index in [0.29, 0.717) is 23.9 Å². The number of carbonyl (C=O) groups is 2. The molecular formula is C17H27NO3. The first-order chi connectivity index (χ1) is 9.86. The summed E-state index contributed by atoms with van der Waals surface area (Å²) in [6.07, 6.45) is 6.89. The molecule has 0 aliphatic heterocycles. The Bertz CT molecular complexity index is 445. The fourth-order valence-electron chi connectivity index (χ4n) is 5.66. The van der Waals surface area contributed by atoms with E-state index in [2.05, 4.69) is 12.2 Å². The van der Waals surface area contributed by atoms with Gasteiger partial charge >= 0.3 is 5.97 Å². The lowest BCUT2D eigenvalue weighted by Gasteiger charge is -2.60. The summed E-state index contributed by atoms with van der Waals surface area (Å²) < 4.78 is 4.99. The molecule has 3 atom stereocenters. The first-order valence-electron chi connectivity index (χ1n) is 8.33. The molecule has 4 aliphatic carbocycles. The minimum absolute atomic E-state index is 0.0865. The maximum absolute atomic E-state index is 12.8. The molecule has 4 fully saturated rings. The van der Waals surface area contributed by atoms with Gasteiger partial charge in [-0.15, -0.1) is 0 Å². The van der Waals surface area contributed by atoms with Gasteiger partial charge in [0.2, 0.25) is 5.91 Å². The van der Waals surface area contributed by atoms with Crippen LogP contribution in [-0.4, -0.2) is 24.5 Å². The Balaban J connectivity index is 1.71. The summed E-state index contributed by atoms with van der Waals surface area (Å²) in [6, 6.07) is -0.543. The summed E-state index contributed by atoms with van der Waals surface area (Å²) in [4.78, 5) is 24.6. The van der Waals surface area contributed by atoms with Crippen molar-refractivity contribution in [1.29, 1.82) is 0 Å². The molecule has 0 aromatic heterocycles. The predicted octanol–water partition coefficient (Wildman–Crippen LogP) is 2.66. The molecular weight excluding hydrogens is 266 g/mol. The fraction of sp³-hybridized carbons (Fsp3) is 0.882. The maximum atomic E-state index is 12.8. The summed E-state index contributed by atoms with van der Waals surface area (Å²) in [6.45, 7) is 6.21. The van der Waals surface area contributed by atoms with Gasteiger partial charge in [0.1, 0.15) is 6.04 Å². The average molecular weight is 293 g/mol. The molecule has 1 amide bonds. The van der Waals surface area contributed by atoms with Gasteiger partial charge in [-0.05, 0) is 69.6 Å². The summed E-state index contributed by atoms with van der Waals surface area (Å²) in [5.74, 6) is 1.17. The number of hydrogen-bond acceptors (Lipinski definition) is 3. The van der Waals surface area contributed by atoms with Gasteiger partial charge in [-0.1, -0.05) is 6.92 Å². The fourth-order valence-corrected chi connectivity index (χ4v) is 5.66. The second kappa shape index (κ2) is 4.99. The van der Waals surface area contributed by atoms with Crippen molar-refractivity contribution in [1.82, 2.24) is 5.32 Å². The van der Waals surface area contributed by atoms with Gasteiger partial charge in [-0.3, -0.25) is 4.79 Å². The number of carbonyl (C=O) groups excluding carboxylic acids is 2. The average Bonchev–Trinajstić information content (AvgIpc) is 2.35. The van der Waals surface area contributed by atoms with E-state index in [-0.39, 0.29) is 17.3 Å². The van der Waals surface area contributed by atoms with Crippen LogP contribution in [0.5, 0.6) is 0 Å². The Labute approximate surface area is 127 Å². The van der Waals surface area contributed by atoms with Crippen LogP contribution in [0, 0.1) is 22.7 Å². The van der Waals surface area contributed by atoms with Gasteiger partial charge in [0.25, 0.3) is 0 Å². The van der Waals surface area contributed by atoms with Crippen LogP contribution in [0.3, 0.4) is 0 Å². The monoisotopic (exact) mass is 293 g/mol. The number of ether oxygens (including phenoxy) is 1. The summed E-state index contributed by atoms with van der Waals surface area (Å²) in [5, 5.41) is 2.93. The second-order valence-electron chi connectivity index (χ2n) is 8.00. The molecule has 4 aliphatic rings. The highest BCUT2D eigenvalue weighted by atomic mass is 16.5. The van der Waals surface area contributed by atoms with Crippen molar-refractivity contribution in [2.24, 2.45) is 22.7 Å². The second-order valence-corrected chi connectivity index (χ2v) is 8.00. The van der Waals surface area contributed by atoms with Crippen LogP contribution >= 0.6 is 0 Å². The quantitative estimate of drug-likeness (QED) is 0.811. The Hall–Kier alpha value is -1.06. The van der Waals surface area contributed by atoms with E-state index in [9.17, 15) is 9.59 Å². The van der Waals surface area contributed by atoms with E-state index in [1.807, 2.05) is 0 Å². The van der Waals surface area contributed by atoms with Gasteiger partial charge in [0.05, 0.1) is 12.0 Å². The van der Waals surface area contributed by atoms with Gasteiger partial charge in [-0.25, -0.2) is 4.79 Å². The lowest BCUT2D eigenvalue weighted by Crippen LogP contribution is -2.58. The highest BCUT2D eigenvalue weighted by Crippen LogP contribution is 2.65. The van der Waals surface area contributed by atoms with Gasteiger partial charge in [0.15, 0.2) is 0 Å². The Kier molecular flexibility index (Phi) is 3.53. The largest absolute Gasteiger partial charge is 0.464 e. The van der Waals surface area contributed by atoms with E-state index in [4.69, 9.17) is 4.74 Å². The third-order valence-corrected chi connectivity index (χ3v) is 5.82. The smallest absolute Gasteiger partial charge is 0.328 e. The lowest BCUT2D eigenvalue weighted by molar-refractivity contribution is -0.159. The van der Waals surface area contributed by atoms with E-state index >= 15 is 0 Å². The standard InChI is InChI=1S/C17H27NO3/c1-4-21-14(19)11(2)18-15(20)17-8-12-5-13(9-17)7-16(3,6-12)10-17/h11-13H,4-10H2,1-3H3,(H,18,20). The van der Waals surface area contributed by atoms with Crippen molar-refractivity contribution in [2.45, 2.75) is 65.3 Å². The Morgan fingerprint density at radius 2 is 1.86 bits per heavy atom. The first kappa shape index (κ1) is 14.9. The minimum atomic E-state index is -0.543. The topological polar surface area (TPSA) is 55.4 Å². The van der Waals surface area contributed by atoms with Crippen molar-refractivity contribution in [3.63, 3.8) is 0 Å². The van der Waals surface area contributed by atoms with Gasteiger partial charge in [0, 0.05) is 0 Å². The van der Waals surface area contributed by atoms with Gasteiger partial charge < -0.3 is 10.1 Å². The molecule has 0 saturated heterocycles. The molecule has 0 aromatic rings. The molecule has 0 radical (unpaired) electrons. The van der Waals surface area contributed by atoms with Crippen molar-refractivity contribution in [3.05, 3.63) is 0 Å². The number of esters is 1. The maximum Gasteiger partial charge on any atom is 0.328 e. The van der Waals surface area contributed by atoms with Crippen molar-refractivity contribution in [3.8, 4) is 0 Å². The molecule has 0 aromatic carbocycles. The molecule has 21 heavy (non-hydrogen) atoms. The first-order valence-corrected chi connectivity index (χ1v) is 8.33. The molecule has 4 nitrogen and oxygen atoms in total. The van der Waals surface area contributed by atoms with E-state index in [1.54, 1.807) is 13.8 Å². The molecule has 4 saturated carbocycles. The molecule has 1 N–H and O–H groups in total. The summed E-state index contributed by atoms with van der Waals surface area (Å²) in [5.41, 5.74) is 0.119. The number of rotatable bonds is 4. The number of nitrogens with one attached hydrogen (secondary N) is 1. The molecule has 0 heterocycles. The van der Waals surface area contributed by atoms with Crippen LogP contribution in [0.2, 0.25) is 0 Å². The van der Waals surface area contributed by atoms with E-state index < -0.39 is 6.04 Å². The summed E-state index contributed by atoms with van der Waals surface area (Å²) in [7, 11) is 0. The van der Waals surface area contributed by atoms with Crippen molar-refractivity contribution < 1.29 is 14.3 Å². The van der Waals surface area contributed by atoms with Crippen molar-refractivity contribution >= 4 is 11.9 Å². The SMILES string of the molecule is CCOC(=O)C(C)NC(=O)C12CC3CC(CC(C)(C3)C1)C2. The zero-order valence-corrected chi connectivity index (χ0v) is 13.4. The predicted molar refractivity (Wildman–Crippen MR) is 79.5 cm³/mol. The Morgan fingerprint density at radius 1 is 1.24 bits per heavy atom. The van der Waals surface area contributed by atoms with E-state index in [1.165, 1.54) is 19.3 Å². The van der Waals surface area contributed by atoms with Crippen LogP contribution in [0.1, 0.15) is 59.3 Å². The molecule has 4 bridgehead atoms. The van der Waals surface area contributed by atoms with Crippen LogP contribution in [0.15, 0.2) is 0 Å². The highest BCUT2D eigenvalue weighted by molar-refractivity contribution is 5.88. The zero-order chi connectivity index (χ0) is 15.3. The van der Waals surface area contributed by atoms with Crippen LogP contribution in [-0.2, 0) is 14.3 Å². The normalized spacial score (nSPS) is 41.7. The minimum Gasteiger partial charge on any atom is -0.464 e. The number of hydrogen-bond donors (Lipinski definition) is 1. The molecule has 4 rings (SSSR count). The number of amides is 1. The molecule has 118 valence electrons. The summed E-state index contributed by atoms with van der Waals surface area (Å²) >= 11 is 0. The van der Waals surface area contributed by atoms with Crippen LogP contribution < -0.4 is 5.32 Å². The van der Waals surface area contributed by atoms with Crippen molar-refractivity contribution in [2.75, 3.05) is 6.61 Å². The molecule has 4 heteroatoms. The molecule has 3 unspecified atom stereocenters. The highest BCUT2D eigenvalue weighted by Gasteiger charge is 2.58. The lowest BCUT2D eigenvalue weighted by atomic mass is 9.44. The zero-order valence-electron chi connectivity index (χ0n) is 13.4. The van der Waals surface area contributed by atoms with Gasteiger partial charge in [-0.2, -0.15) is 0 Å². The van der Waals surface area contributed by atoms with E-state index in [0.717, 1.165) is 19.3 Å². The third kappa shape index (κ3) is 2.58. The molecule has 0 spiro atoms. The third-order valence-electron chi connectivity index (χ3n) is 5.82. The van der Waals surface area contributed by atoms with Crippen LogP contribution in [0.25, 0.3) is 0 Å². The van der Waals surface area contributed by atoms with Crippen LogP contribution in [0.4, 0.5) is 0 Å².